The number of carbonyl (C=O) groups is 2. The van der Waals surface area contributed by atoms with Crippen molar-refractivity contribution in [1.29, 1.82) is 0 Å². The lowest BCUT2D eigenvalue weighted by Gasteiger charge is -2.17. The Balaban J connectivity index is 1.51. The first-order valence-corrected chi connectivity index (χ1v) is 12.3. The lowest BCUT2D eigenvalue weighted by molar-refractivity contribution is 0.0958. The Morgan fingerprint density at radius 1 is 1.12 bits per heavy atom. The minimum atomic E-state index is -0.511. The molecule has 0 aliphatic heterocycles. The Bertz CT molecular complexity index is 1340. The molecule has 0 unspecified atom stereocenters. The van der Waals surface area contributed by atoms with Gasteiger partial charge in [0.05, 0.1) is 11.2 Å². The first-order chi connectivity index (χ1) is 16.4. The molecule has 4 aromatic rings. The molecule has 1 amide bonds. The number of hydrogen-bond acceptors (Lipinski definition) is 6. The van der Waals surface area contributed by atoms with Crippen molar-refractivity contribution in [3.63, 3.8) is 0 Å². The van der Waals surface area contributed by atoms with Crippen molar-refractivity contribution in [2.24, 2.45) is 0 Å². The molecule has 0 bridgehead atoms. The summed E-state index contributed by atoms with van der Waals surface area (Å²) in [4.78, 5) is 37.2. The number of unbranched alkanes of at least 4 members (excludes halogenated alkanes) is 1. The summed E-state index contributed by atoms with van der Waals surface area (Å²) < 4.78 is 16.5. The minimum absolute atomic E-state index is 0.0476. The maximum atomic E-state index is 14.7. The topological polar surface area (TPSA) is 79.6 Å². The maximum Gasteiger partial charge on any atom is 0.251 e. The van der Waals surface area contributed by atoms with E-state index in [0.29, 0.717) is 28.3 Å². The number of fused-ring (bicyclic) bond motifs is 3. The smallest absolute Gasteiger partial charge is 0.251 e. The van der Waals surface area contributed by atoms with Gasteiger partial charge in [-0.05, 0) is 62.8 Å². The van der Waals surface area contributed by atoms with E-state index in [2.05, 4.69) is 34.0 Å². The van der Waals surface area contributed by atoms with Crippen LogP contribution >= 0.6 is 11.3 Å². The van der Waals surface area contributed by atoms with E-state index in [9.17, 15) is 14.0 Å². The molecule has 0 saturated carbocycles. The molecule has 0 aliphatic rings. The number of carbonyl (C=O) groups excluding carboxylic acids is 2. The number of benzene rings is 1. The number of imidazole rings is 1. The van der Waals surface area contributed by atoms with Crippen molar-refractivity contribution in [3.8, 4) is 11.3 Å². The van der Waals surface area contributed by atoms with Crippen LogP contribution in [0.15, 0.2) is 36.5 Å². The Hall–Kier alpha value is -3.17. The van der Waals surface area contributed by atoms with Gasteiger partial charge < -0.3 is 10.2 Å². The van der Waals surface area contributed by atoms with E-state index in [1.807, 2.05) is 10.5 Å². The summed E-state index contributed by atoms with van der Waals surface area (Å²) in [5.41, 5.74) is 2.34. The highest BCUT2D eigenvalue weighted by atomic mass is 32.1. The van der Waals surface area contributed by atoms with E-state index in [1.54, 1.807) is 24.4 Å². The van der Waals surface area contributed by atoms with Crippen molar-refractivity contribution in [2.45, 2.75) is 33.1 Å². The molecule has 4 rings (SSSR count). The number of thiazole rings is 1. The third-order valence-corrected chi connectivity index (χ3v) is 6.97. The number of amides is 1. The van der Waals surface area contributed by atoms with E-state index in [1.165, 1.54) is 24.5 Å². The van der Waals surface area contributed by atoms with Gasteiger partial charge in [-0.3, -0.25) is 14.0 Å². The lowest BCUT2D eigenvalue weighted by Crippen LogP contribution is -2.24. The third kappa shape index (κ3) is 4.85. The highest BCUT2D eigenvalue weighted by molar-refractivity contribution is 7.23. The SMILES string of the molecule is CCN(CC)CCCCC(=O)c1ccc2c(n1)sc1nc(-c3ccc(C(=O)NC)cc3F)cn12. The summed E-state index contributed by atoms with van der Waals surface area (Å²) in [6.07, 6.45) is 4.07. The summed E-state index contributed by atoms with van der Waals surface area (Å²) in [6, 6.07) is 7.96. The molecule has 178 valence electrons. The largest absolute Gasteiger partial charge is 0.355 e. The number of pyridine rings is 1. The summed E-state index contributed by atoms with van der Waals surface area (Å²) in [6.45, 7) is 7.35. The highest BCUT2D eigenvalue weighted by Gasteiger charge is 2.17. The quantitative estimate of drug-likeness (QED) is 0.260. The molecule has 0 radical (unpaired) electrons. The predicted molar refractivity (Wildman–Crippen MR) is 133 cm³/mol. The molecule has 3 aromatic heterocycles. The number of nitrogens with zero attached hydrogens (tertiary/aromatic N) is 4. The second kappa shape index (κ2) is 10.4. The molecule has 0 fully saturated rings. The van der Waals surface area contributed by atoms with Crippen molar-refractivity contribution < 1.29 is 14.0 Å². The van der Waals surface area contributed by atoms with Crippen molar-refractivity contribution in [3.05, 3.63) is 53.6 Å². The van der Waals surface area contributed by atoms with Crippen molar-refractivity contribution in [1.82, 2.24) is 24.6 Å². The summed E-state index contributed by atoms with van der Waals surface area (Å²) in [5, 5.41) is 2.48. The average Bonchev–Trinajstić information content (AvgIpc) is 3.40. The van der Waals surface area contributed by atoms with Crippen LogP contribution in [0.4, 0.5) is 4.39 Å². The molecular weight excluding hydrogens is 453 g/mol. The highest BCUT2D eigenvalue weighted by Crippen LogP contribution is 2.30. The fourth-order valence-electron chi connectivity index (χ4n) is 3.97. The molecule has 0 atom stereocenters. The van der Waals surface area contributed by atoms with Gasteiger partial charge in [0.2, 0.25) is 0 Å². The first kappa shape index (κ1) is 24.0. The van der Waals surface area contributed by atoms with E-state index in [4.69, 9.17) is 0 Å². The van der Waals surface area contributed by atoms with Crippen LogP contribution in [-0.4, -0.2) is 57.6 Å². The molecule has 1 N–H and O–H groups in total. The summed E-state index contributed by atoms with van der Waals surface area (Å²) in [7, 11) is 1.50. The van der Waals surface area contributed by atoms with E-state index < -0.39 is 5.82 Å². The standard InChI is InChI=1S/C25H28FN5O2S/c1-4-30(5-2)13-7-6-8-22(32)19-11-12-21-24(28-19)34-25-29-20(15-31(21)25)17-10-9-16(14-18(17)26)23(33)27-3/h9-12,14-15H,4-8,13H2,1-3H3,(H,27,33). The predicted octanol–water partition coefficient (Wildman–Crippen LogP) is 4.80. The van der Waals surface area contributed by atoms with Gasteiger partial charge in [0, 0.05) is 30.8 Å². The molecule has 34 heavy (non-hydrogen) atoms. The normalized spacial score (nSPS) is 11.6. The number of hydrogen-bond donors (Lipinski definition) is 1. The van der Waals surface area contributed by atoms with Crippen LogP contribution in [0.2, 0.25) is 0 Å². The lowest BCUT2D eigenvalue weighted by atomic mass is 10.1. The molecule has 0 saturated heterocycles. The maximum absolute atomic E-state index is 14.7. The minimum Gasteiger partial charge on any atom is -0.355 e. The summed E-state index contributed by atoms with van der Waals surface area (Å²) >= 11 is 1.36. The zero-order valence-corrected chi connectivity index (χ0v) is 20.4. The molecule has 3 heterocycles. The number of nitrogens with one attached hydrogen (secondary N) is 1. The van der Waals surface area contributed by atoms with Crippen molar-refractivity contribution in [2.75, 3.05) is 26.7 Å². The van der Waals surface area contributed by atoms with Gasteiger partial charge in [-0.2, -0.15) is 0 Å². The number of aromatic nitrogens is 3. The Kier molecular flexibility index (Phi) is 7.33. The van der Waals surface area contributed by atoms with Crippen LogP contribution in [0.1, 0.15) is 54.0 Å². The molecule has 0 spiro atoms. The van der Waals surface area contributed by atoms with Gasteiger partial charge in [-0.25, -0.2) is 14.4 Å². The van der Waals surface area contributed by atoms with Gasteiger partial charge in [0.15, 0.2) is 10.7 Å². The molecule has 1 aromatic carbocycles. The van der Waals surface area contributed by atoms with Gasteiger partial charge in [-0.1, -0.05) is 25.2 Å². The van der Waals surface area contributed by atoms with E-state index >= 15 is 0 Å². The number of ketones is 1. The van der Waals surface area contributed by atoms with Gasteiger partial charge in [0.25, 0.3) is 5.91 Å². The zero-order chi connectivity index (χ0) is 24.2. The third-order valence-electron chi connectivity index (χ3n) is 6.00. The van der Waals surface area contributed by atoms with Crippen LogP contribution in [0.25, 0.3) is 26.6 Å². The molecule has 9 heteroatoms. The van der Waals surface area contributed by atoms with Gasteiger partial charge >= 0.3 is 0 Å². The second-order valence-corrected chi connectivity index (χ2v) is 9.04. The second-order valence-electron chi connectivity index (χ2n) is 8.08. The Morgan fingerprint density at radius 3 is 2.62 bits per heavy atom. The fourth-order valence-corrected chi connectivity index (χ4v) is 4.95. The van der Waals surface area contributed by atoms with E-state index in [0.717, 1.165) is 42.8 Å². The van der Waals surface area contributed by atoms with Crippen LogP contribution < -0.4 is 5.32 Å². The fraction of sp³-hybridized carbons (Fsp3) is 0.360. The Morgan fingerprint density at radius 2 is 1.91 bits per heavy atom. The monoisotopic (exact) mass is 481 g/mol. The van der Waals surface area contributed by atoms with Crippen LogP contribution in [0.3, 0.4) is 0 Å². The number of Topliss-reactive ketones (excluding diaryl/α,β-unsaturated/α-hetero) is 1. The van der Waals surface area contributed by atoms with Crippen LogP contribution in [0, 0.1) is 5.82 Å². The average molecular weight is 482 g/mol. The first-order valence-electron chi connectivity index (χ1n) is 11.5. The number of halogens is 1. The molecule has 7 nitrogen and oxygen atoms in total. The summed E-state index contributed by atoms with van der Waals surface area (Å²) in [5.74, 6) is -0.808. The van der Waals surface area contributed by atoms with E-state index in [-0.39, 0.29) is 17.3 Å². The number of rotatable bonds is 10. The Labute approximate surface area is 201 Å². The van der Waals surface area contributed by atoms with Crippen LogP contribution in [-0.2, 0) is 0 Å². The van der Waals surface area contributed by atoms with Gasteiger partial charge in [0.1, 0.15) is 16.3 Å². The molecule has 0 aliphatic carbocycles. The zero-order valence-electron chi connectivity index (χ0n) is 19.6. The van der Waals surface area contributed by atoms with Crippen LogP contribution in [0.5, 0.6) is 0 Å². The van der Waals surface area contributed by atoms with Crippen molar-refractivity contribution >= 4 is 38.3 Å². The molecular formula is C25H28FN5O2S. The van der Waals surface area contributed by atoms with Gasteiger partial charge in [-0.15, -0.1) is 0 Å².